The van der Waals surface area contributed by atoms with E-state index in [0.29, 0.717) is 0 Å². The maximum atomic E-state index is 2.39. The van der Waals surface area contributed by atoms with Crippen LogP contribution < -0.4 is 0 Å². The van der Waals surface area contributed by atoms with Crippen molar-refractivity contribution in [2.24, 2.45) is 0 Å². The van der Waals surface area contributed by atoms with Crippen LogP contribution >= 0.6 is 0 Å². The fourth-order valence-electron chi connectivity index (χ4n) is 2.97. The molecule has 0 unspecified atom stereocenters. The average Bonchev–Trinajstić information content (AvgIpc) is 2.53. The molecule has 106 valence electrons. The lowest BCUT2D eigenvalue weighted by Crippen LogP contribution is -2.23. The Bertz CT molecular complexity index is 444. The molecule has 0 bridgehead atoms. The highest BCUT2D eigenvalue weighted by molar-refractivity contribution is 5.38. The van der Waals surface area contributed by atoms with Gasteiger partial charge in [-0.3, -0.25) is 0 Å². The summed E-state index contributed by atoms with van der Waals surface area (Å²) in [4.78, 5) is 0. The van der Waals surface area contributed by atoms with Crippen LogP contribution in [0.3, 0.4) is 0 Å². The van der Waals surface area contributed by atoms with Gasteiger partial charge in [0.1, 0.15) is 0 Å². The monoisotopic (exact) mass is 266 g/mol. The highest BCUT2D eigenvalue weighted by atomic mass is 14.3. The molecule has 0 aliphatic rings. The van der Waals surface area contributed by atoms with Crippen LogP contribution in [0.25, 0.3) is 0 Å². The van der Waals surface area contributed by atoms with Crippen LogP contribution in [0.5, 0.6) is 0 Å². The molecule has 0 saturated heterocycles. The molecular weight excluding hydrogens is 240 g/mol. The molecule has 0 aliphatic carbocycles. The molecule has 0 atom stereocenters. The maximum Gasteiger partial charge on any atom is 0.0174 e. The van der Waals surface area contributed by atoms with E-state index in [1.54, 1.807) is 0 Å². The lowest BCUT2D eigenvalue weighted by Gasteiger charge is -2.31. The Balaban J connectivity index is 2.24. The average molecular weight is 266 g/mol. The fraction of sp³-hybridized carbons (Fsp3) is 0.400. The van der Waals surface area contributed by atoms with Crippen molar-refractivity contribution in [1.29, 1.82) is 0 Å². The van der Waals surface area contributed by atoms with E-state index in [9.17, 15) is 0 Å². The summed E-state index contributed by atoms with van der Waals surface area (Å²) >= 11 is 0. The molecule has 0 heteroatoms. The summed E-state index contributed by atoms with van der Waals surface area (Å²) in [6, 6.07) is 21.9. The van der Waals surface area contributed by atoms with Crippen LogP contribution in [0.15, 0.2) is 60.7 Å². The molecule has 0 saturated carbocycles. The van der Waals surface area contributed by atoms with Crippen molar-refractivity contribution in [3.05, 3.63) is 71.8 Å². The van der Waals surface area contributed by atoms with Crippen molar-refractivity contribution in [2.45, 2.75) is 51.4 Å². The molecule has 2 aromatic carbocycles. The van der Waals surface area contributed by atoms with Crippen molar-refractivity contribution in [1.82, 2.24) is 0 Å². The second kappa shape index (κ2) is 7.28. The lowest BCUT2D eigenvalue weighted by molar-refractivity contribution is 0.478. The van der Waals surface area contributed by atoms with E-state index in [-0.39, 0.29) is 5.41 Å². The number of benzene rings is 2. The second-order valence-electron chi connectivity index (χ2n) is 5.87. The van der Waals surface area contributed by atoms with Gasteiger partial charge in [-0.05, 0) is 17.5 Å². The first-order valence-corrected chi connectivity index (χ1v) is 7.88. The summed E-state index contributed by atoms with van der Waals surface area (Å²) in [5.74, 6) is 0. The summed E-state index contributed by atoms with van der Waals surface area (Å²) < 4.78 is 0. The molecule has 0 N–H and O–H groups in total. The van der Waals surface area contributed by atoms with Gasteiger partial charge in [-0.1, -0.05) is 100 Å². The molecule has 20 heavy (non-hydrogen) atoms. The number of unbranched alkanes of at least 4 members (excludes halogenated alkanes) is 3. The SMILES string of the molecule is CCCCCCC(C)(c1ccccc1)c1ccccc1. The Kier molecular flexibility index (Phi) is 5.40. The highest BCUT2D eigenvalue weighted by Gasteiger charge is 2.27. The highest BCUT2D eigenvalue weighted by Crippen LogP contribution is 2.36. The first-order chi connectivity index (χ1) is 9.77. The minimum absolute atomic E-state index is 0.135. The summed E-state index contributed by atoms with van der Waals surface area (Å²) in [5.41, 5.74) is 3.00. The van der Waals surface area contributed by atoms with Crippen LogP contribution in [-0.2, 0) is 5.41 Å². The Morgan fingerprint density at radius 3 is 1.65 bits per heavy atom. The van der Waals surface area contributed by atoms with E-state index in [2.05, 4.69) is 74.5 Å². The van der Waals surface area contributed by atoms with Crippen LogP contribution in [0, 0.1) is 0 Å². The number of hydrogen-bond donors (Lipinski definition) is 0. The van der Waals surface area contributed by atoms with Crippen molar-refractivity contribution in [3.63, 3.8) is 0 Å². The third-order valence-corrected chi connectivity index (χ3v) is 4.35. The minimum Gasteiger partial charge on any atom is -0.0654 e. The third-order valence-electron chi connectivity index (χ3n) is 4.35. The molecule has 0 amide bonds. The number of hydrogen-bond acceptors (Lipinski definition) is 0. The summed E-state index contributed by atoms with van der Waals surface area (Å²) in [6.07, 6.45) is 6.51. The van der Waals surface area contributed by atoms with Crippen LogP contribution in [0.2, 0.25) is 0 Å². The van der Waals surface area contributed by atoms with E-state index in [1.807, 2.05) is 0 Å². The van der Waals surface area contributed by atoms with Crippen molar-refractivity contribution < 1.29 is 0 Å². The zero-order valence-electron chi connectivity index (χ0n) is 12.8. The molecule has 0 fully saturated rings. The van der Waals surface area contributed by atoms with Crippen molar-refractivity contribution >= 4 is 0 Å². The third kappa shape index (κ3) is 3.50. The van der Waals surface area contributed by atoms with E-state index in [1.165, 1.54) is 43.2 Å². The van der Waals surface area contributed by atoms with Crippen LogP contribution in [-0.4, -0.2) is 0 Å². The van der Waals surface area contributed by atoms with Crippen LogP contribution in [0.4, 0.5) is 0 Å². The molecular formula is C20H26. The zero-order valence-corrected chi connectivity index (χ0v) is 12.8. The van der Waals surface area contributed by atoms with Gasteiger partial charge in [0.15, 0.2) is 0 Å². The molecule has 0 aliphatic heterocycles. The van der Waals surface area contributed by atoms with E-state index in [0.717, 1.165) is 0 Å². The molecule has 0 nitrogen and oxygen atoms in total. The minimum atomic E-state index is 0.135. The molecule has 0 spiro atoms. The fourth-order valence-corrected chi connectivity index (χ4v) is 2.97. The van der Waals surface area contributed by atoms with Gasteiger partial charge in [0.25, 0.3) is 0 Å². The van der Waals surface area contributed by atoms with E-state index >= 15 is 0 Å². The molecule has 0 aromatic heterocycles. The number of rotatable bonds is 7. The second-order valence-corrected chi connectivity index (χ2v) is 5.87. The first kappa shape index (κ1) is 14.8. The Labute approximate surface area is 123 Å². The molecule has 2 rings (SSSR count). The van der Waals surface area contributed by atoms with E-state index in [4.69, 9.17) is 0 Å². The summed E-state index contributed by atoms with van der Waals surface area (Å²) in [7, 11) is 0. The van der Waals surface area contributed by atoms with Gasteiger partial charge in [-0.2, -0.15) is 0 Å². The quantitative estimate of drug-likeness (QED) is 0.542. The smallest absolute Gasteiger partial charge is 0.0174 e. The predicted molar refractivity (Wildman–Crippen MR) is 88.1 cm³/mol. The Morgan fingerprint density at radius 2 is 1.20 bits per heavy atom. The molecule has 0 heterocycles. The van der Waals surface area contributed by atoms with Gasteiger partial charge < -0.3 is 0 Å². The molecule has 2 aromatic rings. The predicted octanol–water partition coefficient (Wildman–Crippen LogP) is 5.96. The summed E-state index contributed by atoms with van der Waals surface area (Å²) in [5, 5.41) is 0. The van der Waals surface area contributed by atoms with Crippen molar-refractivity contribution in [2.75, 3.05) is 0 Å². The maximum absolute atomic E-state index is 2.39. The van der Waals surface area contributed by atoms with Gasteiger partial charge in [-0.15, -0.1) is 0 Å². The van der Waals surface area contributed by atoms with E-state index < -0.39 is 0 Å². The standard InChI is InChI=1S/C20H26/c1-3-4-5-12-17-20(2,18-13-8-6-9-14-18)19-15-10-7-11-16-19/h6-11,13-16H,3-5,12,17H2,1-2H3. The van der Waals surface area contributed by atoms with Crippen LogP contribution in [0.1, 0.15) is 57.1 Å². The van der Waals surface area contributed by atoms with Gasteiger partial charge in [0.2, 0.25) is 0 Å². The Hall–Kier alpha value is -1.56. The summed E-state index contributed by atoms with van der Waals surface area (Å²) in [6.45, 7) is 4.66. The topological polar surface area (TPSA) is 0 Å². The largest absolute Gasteiger partial charge is 0.0654 e. The van der Waals surface area contributed by atoms with Gasteiger partial charge in [0, 0.05) is 5.41 Å². The first-order valence-electron chi connectivity index (χ1n) is 7.88. The lowest BCUT2D eigenvalue weighted by atomic mass is 9.72. The zero-order chi connectivity index (χ0) is 14.3. The normalized spacial score (nSPS) is 11.5. The Morgan fingerprint density at radius 1 is 0.700 bits per heavy atom. The van der Waals surface area contributed by atoms with Gasteiger partial charge >= 0.3 is 0 Å². The van der Waals surface area contributed by atoms with Crippen molar-refractivity contribution in [3.8, 4) is 0 Å². The molecule has 0 radical (unpaired) electrons. The van der Waals surface area contributed by atoms with Gasteiger partial charge in [-0.25, -0.2) is 0 Å². The van der Waals surface area contributed by atoms with Gasteiger partial charge in [0.05, 0.1) is 0 Å².